The minimum absolute atomic E-state index is 0.197. The SMILES string of the molecule is CC(C)C[C@@H](NS(C)(=O)=O)C(=O)NCc1nnc2n1CCC2. The van der Waals surface area contributed by atoms with Crippen molar-refractivity contribution in [3.05, 3.63) is 11.6 Å². The van der Waals surface area contributed by atoms with Gasteiger partial charge < -0.3 is 9.88 Å². The molecule has 0 saturated heterocycles. The third-order valence-corrected chi connectivity index (χ3v) is 4.20. The van der Waals surface area contributed by atoms with Gasteiger partial charge in [-0.25, -0.2) is 13.1 Å². The van der Waals surface area contributed by atoms with Gasteiger partial charge in [0.15, 0.2) is 5.82 Å². The number of carbonyl (C=O) groups excluding carboxylic acids is 1. The molecule has 1 amide bonds. The van der Waals surface area contributed by atoms with Gasteiger partial charge in [0.2, 0.25) is 15.9 Å². The summed E-state index contributed by atoms with van der Waals surface area (Å²) >= 11 is 0. The summed E-state index contributed by atoms with van der Waals surface area (Å²) in [6.07, 6.45) is 3.44. The van der Waals surface area contributed by atoms with Gasteiger partial charge in [-0.15, -0.1) is 10.2 Å². The molecule has 2 heterocycles. The van der Waals surface area contributed by atoms with Crippen LogP contribution in [0.15, 0.2) is 0 Å². The molecule has 1 aromatic rings. The van der Waals surface area contributed by atoms with Gasteiger partial charge in [0.05, 0.1) is 12.8 Å². The fraction of sp³-hybridized carbons (Fsp3) is 0.769. The zero-order chi connectivity index (χ0) is 16.3. The average molecular weight is 329 g/mol. The lowest BCUT2D eigenvalue weighted by Crippen LogP contribution is -2.47. The molecule has 1 aliphatic rings. The Kier molecular flexibility index (Phi) is 5.17. The number of carbonyl (C=O) groups is 1. The van der Waals surface area contributed by atoms with Crippen molar-refractivity contribution in [1.29, 1.82) is 0 Å². The molecule has 0 radical (unpaired) electrons. The van der Waals surface area contributed by atoms with Gasteiger partial charge in [-0.2, -0.15) is 0 Å². The number of sulfonamides is 1. The fourth-order valence-electron chi connectivity index (χ4n) is 2.57. The summed E-state index contributed by atoms with van der Waals surface area (Å²) in [5, 5.41) is 10.9. The zero-order valence-electron chi connectivity index (χ0n) is 13.2. The lowest BCUT2D eigenvalue weighted by Gasteiger charge is -2.19. The number of aromatic nitrogens is 3. The van der Waals surface area contributed by atoms with E-state index in [1.54, 1.807) is 0 Å². The van der Waals surface area contributed by atoms with Crippen molar-refractivity contribution in [1.82, 2.24) is 24.8 Å². The molecule has 22 heavy (non-hydrogen) atoms. The number of nitrogens with one attached hydrogen (secondary N) is 2. The summed E-state index contributed by atoms with van der Waals surface area (Å²) in [5.74, 6) is 1.51. The van der Waals surface area contributed by atoms with Crippen molar-refractivity contribution in [3.8, 4) is 0 Å². The van der Waals surface area contributed by atoms with Gasteiger partial charge in [-0.3, -0.25) is 4.79 Å². The lowest BCUT2D eigenvalue weighted by molar-refractivity contribution is -0.123. The molecule has 1 atom stereocenters. The number of nitrogens with zero attached hydrogens (tertiary/aromatic N) is 3. The van der Waals surface area contributed by atoms with Crippen LogP contribution in [-0.2, 0) is 34.3 Å². The molecule has 2 N–H and O–H groups in total. The van der Waals surface area contributed by atoms with Gasteiger partial charge in [0.1, 0.15) is 11.9 Å². The van der Waals surface area contributed by atoms with Crippen LogP contribution in [0.25, 0.3) is 0 Å². The molecule has 0 aliphatic carbocycles. The smallest absolute Gasteiger partial charge is 0.238 e. The van der Waals surface area contributed by atoms with Crippen molar-refractivity contribution in [2.45, 2.75) is 52.2 Å². The Morgan fingerprint density at radius 1 is 1.36 bits per heavy atom. The Balaban J connectivity index is 1.98. The highest BCUT2D eigenvalue weighted by atomic mass is 32.2. The Bertz CT molecular complexity index is 638. The number of aryl methyl sites for hydroxylation is 1. The highest BCUT2D eigenvalue weighted by Crippen LogP contribution is 2.14. The monoisotopic (exact) mass is 329 g/mol. The molecule has 2 rings (SSSR count). The normalized spacial score (nSPS) is 15.8. The molecule has 1 aliphatic heterocycles. The third-order valence-electron chi connectivity index (χ3n) is 3.49. The van der Waals surface area contributed by atoms with Gasteiger partial charge in [-0.05, 0) is 18.8 Å². The first-order valence-electron chi connectivity index (χ1n) is 7.42. The topological polar surface area (TPSA) is 106 Å². The molecule has 8 nitrogen and oxygen atoms in total. The molecular formula is C13H23N5O3S. The molecule has 9 heteroatoms. The Hall–Kier alpha value is -1.48. The fourth-order valence-corrected chi connectivity index (χ4v) is 3.29. The second kappa shape index (κ2) is 6.74. The number of fused-ring (bicyclic) bond motifs is 1. The summed E-state index contributed by atoms with van der Waals surface area (Å²) < 4.78 is 27.2. The maximum absolute atomic E-state index is 12.3. The Labute approximate surface area is 130 Å². The second-order valence-corrected chi connectivity index (χ2v) is 7.86. The van der Waals surface area contributed by atoms with E-state index in [0.29, 0.717) is 12.2 Å². The van der Waals surface area contributed by atoms with Crippen molar-refractivity contribution < 1.29 is 13.2 Å². The van der Waals surface area contributed by atoms with Crippen LogP contribution in [0.5, 0.6) is 0 Å². The Morgan fingerprint density at radius 2 is 2.09 bits per heavy atom. The first-order valence-corrected chi connectivity index (χ1v) is 9.31. The van der Waals surface area contributed by atoms with Crippen molar-refractivity contribution in [3.63, 3.8) is 0 Å². The van der Waals surface area contributed by atoms with Crippen LogP contribution < -0.4 is 10.0 Å². The van der Waals surface area contributed by atoms with Crippen LogP contribution in [0, 0.1) is 5.92 Å². The molecule has 0 bridgehead atoms. The zero-order valence-corrected chi connectivity index (χ0v) is 14.0. The van der Waals surface area contributed by atoms with Gasteiger partial charge in [0.25, 0.3) is 0 Å². The van der Waals surface area contributed by atoms with Gasteiger partial charge >= 0.3 is 0 Å². The summed E-state index contributed by atoms with van der Waals surface area (Å²) in [7, 11) is -3.44. The summed E-state index contributed by atoms with van der Waals surface area (Å²) in [4.78, 5) is 12.3. The summed E-state index contributed by atoms with van der Waals surface area (Å²) in [5.41, 5.74) is 0. The predicted molar refractivity (Wildman–Crippen MR) is 81.4 cm³/mol. The van der Waals surface area contributed by atoms with Crippen LogP contribution in [-0.4, -0.2) is 41.4 Å². The molecule has 0 spiro atoms. The summed E-state index contributed by atoms with van der Waals surface area (Å²) in [6, 6.07) is -0.768. The summed E-state index contributed by atoms with van der Waals surface area (Å²) in [6.45, 7) is 5.00. The largest absolute Gasteiger partial charge is 0.347 e. The number of rotatable bonds is 7. The quantitative estimate of drug-likeness (QED) is 0.721. The molecule has 124 valence electrons. The van der Waals surface area contributed by atoms with Crippen molar-refractivity contribution in [2.24, 2.45) is 5.92 Å². The van der Waals surface area contributed by atoms with Crippen LogP contribution in [0.2, 0.25) is 0 Å². The highest BCUT2D eigenvalue weighted by molar-refractivity contribution is 7.88. The molecule has 0 saturated carbocycles. The maximum Gasteiger partial charge on any atom is 0.238 e. The van der Waals surface area contributed by atoms with Crippen LogP contribution in [0.1, 0.15) is 38.3 Å². The van der Waals surface area contributed by atoms with Gasteiger partial charge in [-0.1, -0.05) is 13.8 Å². The van der Waals surface area contributed by atoms with E-state index in [4.69, 9.17) is 0 Å². The molecule has 0 aromatic carbocycles. The number of amides is 1. The Morgan fingerprint density at radius 3 is 2.73 bits per heavy atom. The molecule has 1 aromatic heterocycles. The predicted octanol–water partition coefficient (Wildman–Crippen LogP) is -0.196. The lowest BCUT2D eigenvalue weighted by atomic mass is 10.0. The highest BCUT2D eigenvalue weighted by Gasteiger charge is 2.24. The van der Waals surface area contributed by atoms with E-state index in [2.05, 4.69) is 20.2 Å². The molecule has 0 unspecified atom stereocenters. The standard InChI is InChI=1S/C13H23N5O3S/c1-9(2)7-10(17-22(3,20)21)13(19)14-8-12-16-15-11-5-4-6-18(11)12/h9-10,17H,4-8H2,1-3H3,(H,14,19)/t10-/m1/s1. The first-order chi connectivity index (χ1) is 10.3. The van der Waals surface area contributed by atoms with Crippen LogP contribution >= 0.6 is 0 Å². The average Bonchev–Trinajstić information content (AvgIpc) is 2.95. The van der Waals surface area contributed by atoms with Crippen LogP contribution in [0.4, 0.5) is 0 Å². The van der Waals surface area contributed by atoms with E-state index in [1.807, 2.05) is 18.4 Å². The van der Waals surface area contributed by atoms with Crippen LogP contribution in [0.3, 0.4) is 0 Å². The number of hydrogen-bond acceptors (Lipinski definition) is 5. The van der Waals surface area contributed by atoms with E-state index in [1.165, 1.54) is 0 Å². The van der Waals surface area contributed by atoms with Crippen molar-refractivity contribution in [2.75, 3.05) is 6.26 Å². The van der Waals surface area contributed by atoms with E-state index in [-0.39, 0.29) is 18.4 Å². The maximum atomic E-state index is 12.3. The van der Waals surface area contributed by atoms with Gasteiger partial charge in [0, 0.05) is 13.0 Å². The van der Waals surface area contributed by atoms with Crippen molar-refractivity contribution >= 4 is 15.9 Å². The van der Waals surface area contributed by atoms with E-state index in [9.17, 15) is 13.2 Å². The number of hydrogen-bond donors (Lipinski definition) is 2. The molecule has 0 fully saturated rings. The van der Waals surface area contributed by atoms with E-state index < -0.39 is 16.1 Å². The minimum Gasteiger partial charge on any atom is -0.347 e. The molecular weight excluding hydrogens is 306 g/mol. The third kappa shape index (κ3) is 4.51. The van der Waals surface area contributed by atoms with E-state index >= 15 is 0 Å². The minimum atomic E-state index is -3.44. The van der Waals surface area contributed by atoms with E-state index in [0.717, 1.165) is 31.5 Å². The second-order valence-electron chi connectivity index (χ2n) is 6.08. The first kappa shape index (κ1) is 16.9.